The Morgan fingerprint density at radius 2 is 1.74 bits per heavy atom. The van der Waals surface area contributed by atoms with Gasteiger partial charge in [-0.25, -0.2) is 4.39 Å². The molecule has 5 nitrogen and oxygen atoms in total. The van der Waals surface area contributed by atoms with Gasteiger partial charge in [0.25, 0.3) is 5.91 Å². The Kier molecular flexibility index (Phi) is 6.17. The van der Waals surface area contributed by atoms with Crippen molar-refractivity contribution in [3.8, 4) is 5.75 Å². The highest BCUT2D eigenvalue weighted by molar-refractivity contribution is 7.12. The lowest BCUT2D eigenvalue weighted by molar-refractivity contribution is -0.116. The lowest BCUT2D eigenvalue weighted by Crippen LogP contribution is -2.16. The lowest BCUT2D eigenvalue weighted by Gasteiger charge is -2.09. The molecular formula is C20H17FN2O3S. The van der Waals surface area contributed by atoms with Crippen LogP contribution in [0.4, 0.5) is 15.8 Å². The molecule has 2 amide bonds. The number of anilines is 2. The zero-order valence-electron chi connectivity index (χ0n) is 14.3. The number of amides is 2. The second-order valence-corrected chi connectivity index (χ2v) is 6.54. The van der Waals surface area contributed by atoms with E-state index >= 15 is 0 Å². The molecule has 0 saturated heterocycles. The van der Waals surface area contributed by atoms with Crippen molar-refractivity contribution in [1.29, 1.82) is 0 Å². The molecule has 2 N–H and O–H groups in total. The zero-order valence-corrected chi connectivity index (χ0v) is 15.1. The molecule has 7 heteroatoms. The maximum Gasteiger partial charge on any atom is 0.265 e. The second kappa shape index (κ2) is 8.95. The predicted molar refractivity (Wildman–Crippen MR) is 104 cm³/mol. The van der Waals surface area contributed by atoms with Gasteiger partial charge in [-0.05, 0) is 41.8 Å². The smallest absolute Gasteiger partial charge is 0.265 e. The van der Waals surface area contributed by atoms with Gasteiger partial charge in [-0.15, -0.1) is 11.3 Å². The Bertz CT molecular complexity index is 928. The molecule has 0 unspecified atom stereocenters. The van der Waals surface area contributed by atoms with E-state index in [2.05, 4.69) is 10.6 Å². The van der Waals surface area contributed by atoms with E-state index in [0.29, 0.717) is 16.3 Å². The monoisotopic (exact) mass is 384 g/mol. The van der Waals surface area contributed by atoms with Gasteiger partial charge >= 0.3 is 0 Å². The van der Waals surface area contributed by atoms with Crippen molar-refractivity contribution in [2.45, 2.75) is 6.42 Å². The van der Waals surface area contributed by atoms with Crippen molar-refractivity contribution >= 4 is 34.5 Å². The number of benzene rings is 2. The van der Waals surface area contributed by atoms with Crippen LogP contribution < -0.4 is 15.4 Å². The first-order valence-electron chi connectivity index (χ1n) is 8.24. The second-order valence-electron chi connectivity index (χ2n) is 5.59. The quantitative estimate of drug-likeness (QED) is 0.628. The van der Waals surface area contributed by atoms with Crippen LogP contribution in [0.15, 0.2) is 66.0 Å². The summed E-state index contributed by atoms with van der Waals surface area (Å²) in [6.07, 6.45) is 0.0696. The Balaban J connectivity index is 1.50. The molecule has 0 radical (unpaired) electrons. The first-order valence-corrected chi connectivity index (χ1v) is 9.12. The summed E-state index contributed by atoms with van der Waals surface area (Å²) in [5.74, 6) is -0.824. The number of thiophene rings is 1. The Hall–Kier alpha value is -3.19. The molecule has 2 aromatic carbocycles. The largest absolute Gasteiger partial charge is 0.490 e. The Morgan fingerprint density at radius 1 is 0.963 bits per heavy atom. The van der Waals surface area contributed by atoms with Gasteiger partial charge in [0.2, 0.25) is 5.91 Å². The van der Waals surface area contributed by atoms with Gasteiger partial charge in [0.1, 0.15) is 0 Å². The molecule has 0 spiro atoms. The maximum atomic E-state index is 13.5. The Labute approximate surface area is 159 Å². The third-order valence-electron chi connectivity index (χ3n) is 3.57. The minimum atomic E-state index is -0.466. The SMILES string of the molecule is O=C(CCOc1ccccc1F)Nc1cccc(NC(=O)c2cccs2)c1. The summed E-state index contributed by atoms with van der Waals surface area (Å²) in [6.45, 7) is 0.0571. The van der Waals surface area contributed by atoms with E-state index in [0.717, 1.165) is 0 Å². The first kappa shape index (κ1) is 18.6. The summed E-state index contributed by atoms with van der Waals surface area (Å²) >= 11 is 1.35. The van der Waals surface area contributed by atoms with Crippen LogP contribution in [0, 0.1) is 5.82 Å². The van der Waals surface area contributed by atoms with Crippen molar-refractivity contribution < 1.29 is 18.7 Å². The molecule has 3 aromatic rings. The molecule has 0 fully saturated rings. The zero-order chi connectivity index (χ0) is 19.1. The van der Waals surface area contributed by atoms with E-state index in [4.69, 9.17) is 4.74 Å². The standard InChI is InChI=1S/C20H17FN2O3S/c21-16-7-1-2-8-17(16)26-11-10-19(24)22-14-5-3-6-15(13-14)23-20(25)18-9-4-12-27-18/h1-9,12-13H,10-11H2,(H,22,24)(H,23,25). The van der Waals surface area contributed by atoms with E-state index in [1.54, 1.807) is 48.5 Å². The van der Waals surface area contributed by atoms with E-state index in [-0.39, 0.29) is 30.6 Å². The van der Waals surface area contributed by atoms with Crippen LogP contribution in [0.25, 0.3) is 0 Å². The third-order valence-corrected chi connectivity index (χ3v) is 4.44. The van der Waals surface area contributed by atoms with Gasteiger partial charge in [0.05, 0.1) is 17.9 Å². The molecule has 1 aromatic heterocycles. The minimum absolute atomic E-state index is 0.0571. The predicted octanol–water partition coefficient (Wildman–Crippen LogP) is 4.55. The highest BCUT2D eigenvalue weighted by Crippen LogP contribution is 2.18. The fraction of sp³-hybridized carbons (Fsp3) is 0.100. The van der Waals surface area contributed by atoms with Gasteiger partial charge < -0.3 is 15.4 Å². The molecular weight excluding hydrogens is 367 g/mol. The van der Waals surface area contributed by atoms with Crippen molar-refractivity contribution in [2.24, 2.45) is 0 Å². The molecule has 3 rings (SSSR count). The van der Waals surface area contributed by atoms with Crippen LogP contribution in [0.2, 0.25) is 0 Å². The molecule has 0 saturated carbocycles. The molecule has 1 heterocycles. The lowest BCUT2D eigenvalue weighted by atomic mass is 10.2. The van der Waals surface area contributed by atoms with Crippen LogP contribution in [0.3, 0.4) is 0 Å². The fourth-order valence-electron chi connectivity index (χ4n) is 2.31. The third kappa shape index (κ3) is 5.39. The van der Waals surface area contributed by atoms with Gasteiger partial charge in [0.15, 0.2) is 11.6 Å². The number of hydrogen-bond acceptors (Lipinski definition) is 4. The average molecular weight is 384 g/mol. The number of hydrogen-bond donors (Lipinski definition) is 2. The van der Waals surface area contributed by atoms with Crippen LogP contribution >= 0.6 is 11.3 Å². The number of nitrogens with one attached hydrogen (secondary N) is 2. The molecule has 0 aliphatic rings. The number of halogens is 1. The summed E-state index contributed by atoms with van der Waals surface area (Å²) < 4.78 is 18.7. The minimum Gasteiger partial charge on any atom is -0.490 e. The van der Waals surface area contributed by atoms with Gasteiger partial charge in [0, 0.05) is 11.4 Å². The summed E-state index contributed by atoms with van der Waals surface area (Å²) in [7, 11) is 0. The molecule has 0 aliphatic carbocycles. The average Bonchev–Trinajstić information content (AvgIpc) is 3.18. The summed E-state index contributed by atoms with van der Waals surface area (Å²) in [6, 6.07) is 16.4. The Morgan fingerprint density at radius 3 is 2.48 bits per heavy atom. The molecule has 27 heavy (non-hydrogen) atoms. The summed E-state index contributed by atoms with van der Waals surface area (Å²) in [5.41, 5.74) is 1.13. The fourth-order valence-corrected chi connectivity index (χ4v) is 2.93. The topological polar surface area (TPSA) is 67.4 Å². The number of para-hydroxylation sites is 1. The number of rotatable bonds is 7. The van der Waals surface area contributed by atoms with Crippen LogP contribution in [0.5, 0.6) is 5.75 Å². The normalized spacial score (nSPS) is 10.3. The van der Waals surface area contributed by atoms with Crippen LogP contribution in [-0.4, -0.2) is 18.4 Å². The van der Waals surface area contributed by atoms with Crippen LogP contribution in [0.1, 0.15) is 16.1 Å². The molecule has 138 valence electrons. The van der Waals surface area contributed by atoms with E-state index in [9.17, 15) is 14.0 Å². The van der Waals surface area contributed by atoms with Crippen molar-refractivity contribution in [2.75, 3.05) is 17.2 Å². The number of ether oxygens (including phenoxy) is 1. The van der Waals surface area contributed by atoms with Gasteiger partial charge in [-0.1, -0.05) is 24.3 Å². The van der Waals surface area contributed by atoms with E-state index in [1.165, 1.54) is 23.5 Å². The van der Waals surface area contributed by atoms with Gasteiger partial charge in [-0.3, -0.25) is 9.59 Å². The highest BCUT2D eigenvalue weighted by Gasteiger charge is 2.09. The van der Waals surface area contributed by atoms with Gasteiger partial charge in [-0.2, -0.15) is 0 Å². The number of carbonyl (C=O) groups excluding carboxylic acids is 2. The maximum absolute atomic E-state index is 13.5. The van der Waals surface area contributed by atoms with Crippen molar-refractivity contribution in [3.05, 3.63) is 76.7 Å². The van der Waals surface area contributed by atoms with Crippen molar-refractivity contribution in [3.63, 3.8) is 0 Å². The van der Waals surface area contributed by atoms with E-state index in [1.807, 2.05) is 5.38 Å². The van der Waals surface area contributed by atoms with Crippen molar-refractivity contribution in [1.82, 2.24) is 0 Å². The highest BCUT2D eigenvalue weighted by atomic mass is 32.1. The number of carbonyl (C=O) groups is 2. The van der Waals surface area contributed by atoms with E-state index < -0.39 is 5.82 Å². The molecule has 0 bridgehead atoms. The summed E-state index contributed by atoms with van der Waals surface area (Å²) in [5, 5.41) is 7.34. The molecule has 0 aliphatic heterocycles. The van der Waals surface area contributed by atoms with Crippen LogP contribution in [-0.2, 0) is 4.79 Å². The molecule has 0 atom stereocenters. The summed E-state index contributed by atoms with van der Waals surface area (Å²) in [4.78, 5) is 24.7. The first-order chi connectivity index (χ1) is 13.1.